The quantitative estimate of drug-likeness (QED) is 0.725. The zero-order valence-electron chi connectivity index (χ0n) is 8.99. The van der Waals surface area contributed by atoms with Crippen molar-refractivity contribution in [3.63, 3.8) is 0 Å². The minimum absolute atomic E-state index is 0.332. The molecule has 2 rings (SSSR count). The monoisotopic (exact) mass is 216 g/mol. The summed E-state index contributed by atoms with van der Waals surface area (Å²) in [4.78, 5) is 14.7. The molecule has 0 saturated heterocycles. The van der Waals surface area contributed by atoms with Crippen LogP contribution in [0.25, 0.3) is 0 Å². The zero-order chi connectivity index (χ0) is 11.5. The molecule has 1 fully saturated rings. The van der Waals surface area contributed by atoms with Crippen LogP contribution in [-0.2, 0) is 0 Å². The maximum absolute atomic E-state index is 10.6. The van der Waals surface area contributed by atoms with E-state index in [1.807, 2.05) is 6.92 Å². The zero-order valence-corrected chi connectivity index (χ0v) is 8.99. The van der Waals surface area contributed by atoms with Gasteiger partial charge in [0.2, 0.25) is 0 Å². The first-order valence-corrected chi connectivity index (χ1v) is 5.10. The lowest BCUT2D eigenvalue weighted by Gasteiger charge is -2.02. The maximum Gasteiger partial charge on any atom is 0.410 e. The Labute approximate surface area is 93.8 Å². The first kappa shape index (κ1) is 10.5. The van der Waals surface area contributed by atoms with Crippen molar-refractivity contribution >= 4 is 6.09 Å². The SMILES string of the molecule is Cc1ncc(OC(N)=O)cc1C#CC1CC1. The van der Waals surface area contributed by atoms with Gasteiger partial charge in [0.05, 0.1) is 11.9 Å². The highest BCUT2D eigenvalue weighted by molar-refractivity contribution is 5.68. The van der Waals surface area contributed by atoms with Crippen LogP contribution in [0.1, 0.15) is 24.1 Å². The molecule has 1 aliphatic rings. The molecule has 4 nitrogen and oxygen atoms in total. The fourth-order valence-electron chi connectivity index (χ4n) is 1.22. The standard InChI is InChI=1S/C12H12N2O2/c1-8-10(5-4-9-2-3-9)6-11(7-14-8)16-12(13)15/h6-7,9H,2-3H2,1H3,(H2,13,15). The summed E-state index contributed by atoms with van der Waals surface area (Å²) < 4.78 is 4.74. The van der Waals surface area contributed by atoms with Gasteiger partial charge in [0.15, 0.2) is 5.75 Å². The van der Waals surface area contributed by atoms with Crippen LogP contribution in [0, 0.1) is 24.7 Å². The summed E-state index contributed by atoms with van der Waals surface area (Å²) in [5.41, 5.74) is 6.53. The molecule has 1 aromatic heterocycles. The van der Waals surface area contributed by atoms with E-state index in [2.05, 4.69) is 16.8 Å². The minimum atomic E-state index is -0.841. The van der Waals surface area contributed by atoms with Crippen LogP contribution in [0.2, 0.25) is 0 Å². The lowest BCUT2D eigenvalue weighted by molar-refractivity contribution is 0.210. The van der Waals surface area contributed by atoms with E-state index >= 15 is 0 Å². The normalized spacial score (nSPS) is 13.8. The van der Waals surface area contributed by atoms with E-state index in [1.165, 1.54) is 19.0 Å². The number of primary amides is 1. The highest BCUT2D eigenvalue weighted by atomic mass is 16.5. The molecule has 0 bridgehead atoms. The van der Waals surface area contributed by atoms with Crippen molar-refractivity contribution in [3.05, 3.63) is 23.5 Å². The number of hydrogen-bond donors (Lipinski definition) is 1. The average molecular weight is 216 g/mol. The van der Waals surface area contributed by atoms with E-state index in [4.69, 9.17) is 10.5 Å². The molecular weight excluding hydrogens is 204 g/mol. The van der Waals surface area contributed by atoms with Crippen molar-refractivity contribution < 1.29 is 9.53 Å². The van der Waals surface area contributed by atoms with E-state index in [-0.39, 0.29) is 0 Å². The summed E-state index contributed by atoms with van der Waals surface area (Å²) in [5, 5.41) is 0. The molecule has 1 heterocycles. The molecule has 4 heteroatoms. The molecule has 0 aromatic carbocycles. The van der Waals surface area contributed by atoms with Gasteiger partial charge < -0.3 is 10.5 Å². The van der Waals surface area contributed by atoms with Crippen molar-refractivity contribution in [2.24, 2.45) is 11.7 Å². The first-order chi connectivity index (χ1) is 7.65. The Hall–Kier alpha value is -2.02. The van der Waals surface area contributed by atoms with Crippen LogP contribution in [0.3, 0.4) is 0 Å². The third-order valence-electron chi connectivity index (χ3n) is 2.27. The van der Waals surface area contributed by atoms with Crippen LogP contribution in [0.5, 0.6) is 5.75 Å². The Morgan fingerprint density at radius 3 is 3.00 bits per heavy atom. The summed E-state index contributed by atoms with van der Waals surface area (Å²) in [6.45, 7) is 1.87. The molecule has 1 saturated carbocycles. The highest BCUT2D eigenvalue weighted by Crippen LogP contribution is 2.27. The van der Waals surface area contributed by atoms with Crippen molar-refractivity contribution in [1.82, 2.24) is 4.98 Å². The Bertz CT molecular complexity index is 482. The van der Waals surface area contributed by atoms with E-state index < -0.39 is 6.09 Å². The number of rotatable bonds is 1. The molecule has 0 radical (unpaired) electrons. The van der Waals surface area contributed by atoms with Gasteiger partial charge in [0.25, 0.3) is 0 Å². The van der Waals surface area contributed by atoms with Gasteiger partial charge in [-0.25, -0.2) is 4.79 Å². The Kier molecular flexibility index (Phi) is 2.78. The number of aryl methyl sites for hydroxylation is 1. The van der Waals surface area contributed by atoms with E-state index in [0.29, 0.717) is 11.7 Å². The topological polar surface area (TPSA) is 65.2 Å². The summed E-state index contributed by atoms with van der Waals surface area (Å²) in [5.74, 6) is 7.04. The number of ether oxygens (including phenoxy) is 1. The summed E-state index contributed by atoms with van der Waals surface area (Å²) in [7, 11) is 0. The molecule has 0 spiro atoms. The molecule has 1 aromatic rings. The predicted molar refractivity (Wildman–Crippen MR) is 58.8 cm³/mol. The molecule has 0 atom stereocenters. The fourth-order valence-corrected chi connectivity index (χ4v) is 1.22. The number of carbonyl (C=O) groups excluding carboxylic acids is 1. The Morgan fingerprint density at radius 2 is 2.38 bits per heavy atom. The van der Waals surface area contributed by atoms with Gasteiger partial charge in [-0.2, -0.15) is 0 Å². The number of nitrogens with two attached hydrogens (primary N) is 1. The van der Waals surface area contributed by atoms with Crippen LogP contribution in [0.15, 0.2) is 12.3 Å². The van der Waals surface area contributed by atoms with Crippen molar-refractivity contribution in [2.45, 2.75) is 19.8 Å². The predicted octanol–water partition coefficient (Wildman–Crippen LogP) is 1.61. The summed E-state index contributed by atoms with van der Waals surface area (Å²) >= 11 is 0. The summed E-state index contributed by atoms with van der Waals surface area (Å²) in [6.07, 6.45) is 2.97. The van der Waals surface area contributed by atoms with Gasteiger partial charge in [-0.3, -0.25) is 4.98 Å². The van der Waals surface area contributed by atoms with Crippen molar-refractivity contribution in [3.8, 4) is 17.6 Å². The minimum Gasteiger partial charge on any atom is -0.409 e. The largest absolute Gasteiger partial charge is 0.410 e. The first-order valence-electron chi connectivity index (χ1n) is 5.10. The van der Waals surface area contributed by atoms with Crippen molar-refractivity contribution in [1.29, 1.82) is 0 Å². The molecule has 0 aliphatic heterocycles. The molecule has 2 N–H and O–H groups in total. The Morgan fingerprint density at radius 1 is 1.62 bits per heavy atom. The lowest BCUT2D eigenvalue weighted by atomic mass is 10.2. The smallest absolute Gasteiger partial charge is 0.409 e. The van der Waals surface area contributed by atoms with E-state index in [0.717, 1.165) is 11.3 Å². The number of carbonyl (C=O) groups is 1. The van der Waals surface area contributed by atoms with Crippen LogP contribution < -0.4 is 10.5 Å². The van der Waals surface area contributed by atoms with Gasteiger partial charge in [0, 0.05) is 17.5 Å². The number of aromatic nitrogens is 1. The van der Waals surface area contributed by atoms with Crippen LogP contribution in [0.4, 0.5) is 4.79 Å². The van der Waals surface area contributed by atoms with Gasteiger partial charge in [0.1, 0.15) is 0 Å². The molecule has 1 amide bonds. The van der Waals surface area contributed by atoms with Crippen LogP contribution in [-0.4, -0.2) is 11.1 Å². The number of hydrogen-bond acceptors (Lipinski definition) is 3. The van der Waals surface area contributed by atoms with Gasteiger partial charge in [-0.1, -0.05) is 11.8 Å². The van der Waals surface area contributed by atoms with Crippen LogP contribution >= 0.6 is 0 Å². The molecule has 1 aliphatic carbocycles. The van der Waals surface area contributed by atoms with E-state index in [1.54, 1.807) is 6.07 Å². The number of pyridine rings is 1. The molecule has 82 valence electrons. The number of nitrogens with zero attached hydrogens (tertiary/aromatic N) is 1. The fraction of sp³-hybridized carbons (Fsp3) is 0.333. The van der Waals surface area contributed by atoms with E-state index in [9.17, 15) is 4.79 Å². The average Bonchev–Trinajstić information content (AvgIpc) is 3.02. The maximum atomic E-state index is 10.6. The molecular formula is C12H12N2O2. The van der Waals surface area contributed by atoms with Gasteiger partial charge >= 0.3 is 6.09 Å². The third kappa shape index (κ3) is 2.74. The lowest BCUT2D eigenvalue weighted by Crippen LogP contribution is -2.16. The third-order valence-corrected chi connectivity index (χ3v) is 2.27. The second-order valence-corrected chi connectivity index (χ2v) is 3.77. The molecule has 16 heavy (non-hydrogen) atoms. The second-order valence-electron chi connectivity index (χ2n) is 3.77. The molecule has 0 unspecified atom stereocenters. The summed E-state index contributed by atoms with van der Waals surface area (Å²) in [6, 6.07) is 1.68. The van der Waals surface area contributed by atoms with Crippen molar-refractivity contribution in [2.75, 3.05) is 0 Å². The Balaban J connectivity index is 2.22. The highest BCUT2D eigenvalue weighted by Gasteiger charge is 2.17. The number of amides is 1. The second kappa shape index (κ2) is 4.23. The van der Waals surface area contributed by atoms with Gasteiger partial charge in [-0.15, -0.1) is 0 Å². The van der Waals surface area contributed by atoms with Gasteiger partial charge in [-0.05, 0) is 19.8 Å².